The largest absolute Gasteiger partial charge is 0.385 e. The van der Waals surface area contributed by atoms with Crippen LogP contribution >= 0.6 is 15.9 Å². The van der Waals surface area contributed by atoms with E-state index in [2.05, 4.69) is 67.5 Å². The third kappa shape index (κ3) is 5.93. The molecule has 0 unspecified atom stereocenters. The Morgan fingerprint density at radius 1 is 1.03 bits per heavy atom. The molecule has 31 heavy (non-hydrogen) atoms. The van der Waals surface area contributed by atoms with E-state index in [0.29, 0.717) is 18.7 Å². The van der Waals surface area contributed by atoms with Gasteiger partial charge in [-0.1, -0.05) is 46.3 Å². The van der Waals surface area contributed by atoms with Gasteiger partial charge in [-0.25, -0.2) is 0 Å². The van der Waals surface area contributed by atoms with Crippen LogP contribution in [0, 0.1) is 0 Å². The zero-order valence-electron chi connectivity index (χ0n) is 17.5. The lowest BCUT2D eigenvalue weighted by Crippen LogP contribution is -2.38. The van der Waals surface area contributed by atoms with Crippen molar-refractivity contribution in [3.05, 3.63) is 94.2 Å². The van der Waals surface area contributed by atoms with Gasteiger partial charge >= 0.3 is 0 Å². The zero-order valence-corrected chi connectivity index (χ0v) is 19.1. The molecule has 0 radical (unpaired) electrons. The molecule has 6 heteroatoms. The first-order chi connectivity index (χ1) is 15.2. The van der Waals surface area contributed by atoms with E-state index >= 15 is 0 Å². The fourth-order valence-corrected chi connectivity index (χ4v) is 4.30. The van der Waals surface area contributed by atoms with Crippen LogP contribution in [0.5, 0.6) is 0 Å². The molecule has 2 heterocycles. The Morgan fingerprint density at radius 3 is 2.71 bits per heavy atom. The molecule has 1 aliphatic heterocycles. The van der Waals surface area contributed by atoms with Gasteiger partial charge in [-0.05, 0) is 47.9 Å². The number of carbonyl (C=O) groups excluding carboxylic acids is 1. The summed E-state index contributed by atoms with van der Waals surface area (Å²) in [4.78, 5) is 21.9. The maximum absolute atomic E-state index is 13.3. The van der Waals surface area contributed by atoms with Crippen LogP contribution in [0.25, 0.3) is 0 Å². The topological polar surface area (TPSA) is 48.5 Å². The first kappa shape index (κ1) is 21.5. The summed E-state index contributed by atoms with van der Waals surface area (Å²) in [6, 6.07) is 20.4. The number of aromatic nitrogens is 1. The molecule has 0 spiro atoms. The van der Waals surface area contributed by atoms with Gasteiger partial charge < -0.3 is 10.2 Å². The summed E-state index contributed by atoms with van der Waals surface area (Å²) in [6.07, 6.45) is 4.38. The van der Waals surface area contributed by atoms with Gasteiger partial charge in [0.05, 0.1) is 5.56 Å². The zero-order chi connectivity index (χ0) is 21.5. The number of carbonyl (C=O) groups is 1. The summed E-state index contributed by atoms with van der Waals surface area (Å²) >= 11 is 3.58. The van der Waals surface area contributed by atoms with E-state index in [-0.39, 0.29) is 5.91 Å². The molecule has 0 fully saturated rings. The van der Waals surface area contributed by atoms with Crippen LogP contribution in [0.1, 0.15) is 27.9 Å². The predicted molar refractivity (Wildman–Crippen MR) is 128 cm³/mol. The molecular formula is C25H27BrN4O. The highest BCUT2D eigenvalue weighted by Gasteiger charge is 2.20. The smallest absolute Gasteiger partial charge is 0.255 e. The molecule has 2 aromatic carbocycles. The minimum Gasteiger partial charge on any atom is -0.385 e. The molecule has 160 valence electrons. The van der Waals surface area contributed by atoms with Crippen molar-refractivity contribution in [1.82, 2.24) is 14.8 Å². The number of amides is 1. The normalized spacial score (nSPS) is 15.5. The summed E-state index contributed by atoms with van der Waals surface area (Å²) in [6.45, 7) is 4.79. The van der Waals surface area contributed by atoms with Crippen molar-refractivity contribution >= 4 is 27.5 Å². The highest BCUT2D eigenvalue weighted by molar-refractivity contribution is 9.10. The molecule has 0 aliphatic carbocycles. The first-order valence-corrected chi connectivity index (χ1v) is 11.5. The van der Waals surface area contributed by atoms with Crippen molar-refractivity contribution in [3.63, 3.8) is 0 Å². The number of nitrogens with one attached hydrogen (secondary N) is 1. The molecule has 0 saturated heterocycles. The van der Waals surface area contributed by atoms with E-state index in [1.165, 1.54) is 5.56 Å². The monoisotopic (exact) mass is 478 g/mol. The van der Waals surface area contributed by atoms with Crippen LogP contribution in [0.2, 0.25) is 0 Å². The van der Waals surface area contributed by atoms with E-state index in [4.69, 9.17) is 0 Å². The van der Waals surface area contributed by atoms with Crippen molar-refractivity contribution in [2.45, 2.75) is 19.5 Å². The number of nitrogens with zero attached hydrogens (tertiary/aromatic N) is 3. The number of hydrogen-bond donors (Lipinski definition) is 1. The second-order valence-electron chi connectivity index (χ2n) is 7.81. The van der Waals surface area contributed by atoms with Crippen LogP contribution in [-0.4, -0.2) is 46.9 Å². The minimum absolute atomic E-state index is 0.0120. The predicted octanol–water partition coefficient (Wildman–Crippen LogP) is 4.80. The SMILES string of the molecule is O=C(c1cccnc1)N1CCN(Cc2ccccc2)CCCNc2ccc(Br)cc2C1. The van der Waals surface area contributed by atoms with E-state index in [1.54, 1.807) is 12.4 Å². The van der Waals surface area contributed by atoms with Gasteiger partial charge in [0.1, 0.15) is 0 Å². The molecule has 0 saturated carbocycles. The average molecular weight is 479 g/mol. The van der Waals surface area contributed by atoms with Crippen molar-refractivity contribution in [3.8, 4) is 0 Å². The average Bonchev–Trinajstić information content (AvgIpc) is 2.84. The number of halogens is 1. The molecule has 1 N–H and O–H groups in total. The lowest BCUT2D eigenvalue weighted by Gasteiger charge is -2.28. The lowest BCUT2D eigenvalue weighted by atomic mass is 10.1. The maximum atomic E-state index is 13.3. The fourth-order valence-electron chi connectivity index (χ4n) is 3.89. The third-order valence-corrected chi connectivity index (χ3v) is 6.02. The van der Waals surface area contributed by atoms with Crippen molar-refractivity contribution < 1.29 is 4.79 Å². The Labute approximate surface area is 192 Å². The molecule has 1 aliphatic rings. The Hall–Kier alpha value is -2.70. The van der Waals surface area contributed by atoms with Gasteiger partial charge in [-0.2, -0.15) is 0 Å². The van der Waals surface area contributed by atoms with Gasteiger partial charge in [-0.15, -0.1) is 0 Å². The van der Waals surface area contributed by atoms with Crippen LogP contribution in [-0.2, 0) is 13.1 Å². The van der Waals surface area contributed by atoms with Gasteiger partial charge in [0.2, 0.25) is 0 Å². The van der Waals surface area contributed by atoms with Gasteiger partial charge in [0.15, 0.2) is 0 Å². The summed E-state index contributed by atoms with van der Waals surface area (Å²) < 4.78 is 1.02. The van der Waals surface area contributed by atoms with Crippen molar-refractivity contribution in [2.75, 3.05) is 31.5 Å². The number of benzene rings is 2. The summed E-state index contributed by atoms with van der Waals surface area (Å²) in [7, 11) is 0. The second-order valence-corrected chi connectivity index (χ2v) is 8.73. The third-order valence-electron chi connectivity index (χ3n) is 5.53. The molecule has 3 aromatic rings. The molecule has 5 nitrogen and oxygen atoms in total. The maximum Gasteiger partial charge on any atom is 0.255 e. The second kappa shape index (κ2) is 10.6. The minimum atomic E-state index is 0.0120. The number of hydrogen-bond acceptors (Lipinski definition) is 4. The van der Waals surface area contributed by atoms with Gasteiger partial charge in [0.25, 0.3) is 5.91 Å². The fraction of sp³-hybridized carbons (Fsp3) is 0.280. The molecule has 4 rings (SSSR count). The van der Waals surface area contributed by atoms with Crippen LogP contribution in [0.15, 0.2) is 77.5 Å². The molecule has 1 amide bonds. The Morgan fingerprint density at radius 2 is 1.90 bits per heavy atom. The van der Waals surface area contributed by atoms with Crippen molar-refractivity contribution in [2.24, 2.45) is 0 Å². The molecule has 1 aromatic heterocycles. The van der Waals surface area contributed by atoms with Crippen LogP contribution in [0.4, 0.5) is 5.69 Å². The summed E-state index contributed by atoms with van der Waals surface area (Å²) in [5, 5.41) is 3.57. The highest BCUT2D eigenvalue weighted by Crippen LogP contribution is 2.24. The van der Waals surface area contributed by atoms with Crippen LogP contribution < -0.4 is 5.32 Å². The summed E-state index contributed by atoms with van der Waals surface area (Å²) in [5.74, 6) is 0.0120. The number of anilines is 1. The number of pyridine rings is 1. The van der Waals surface area contributed by atoms with E-state index in [1.807, 2.05) is 29.2 Å². The standard InChI is InChI=1S/C25H27BrN4O/c26-23-9-10-24-22(16-23)19-30(25(31)21-8-4-11-27-17-21)15-14-29(13-5-12-28-24)18-20-6-2-1-3-7-20/h1-4,6-11,16-17,28H,5,12-15,18-19H2. The lowest BCUT2D eigenvalue weighted by molar-refractivity contribution is 0.0719. The number of rotatable bonds is 3. The van der Waals surface area contributed by atoms with Crippen LogP contribution in [0.3, 0.4) is 0 Å². The first-order valence-electron chi connectivity index (χ1n) is 10.7. The molecule has 0 atom stereocenters. The van der Waals surface area contributed by atoms with E-state index in [9.17, 15) is 4.79 Å². The Bertz CT molecular complexity index is 997. The van der Waals surface area contributed by atoms with Gasteiger partial charge in [-0.3, -0.25) is 14.7 Å². The molecule has 0 bridgehead atoms. The van der Waals surface area contributed by atoms with Crippen molar-refractivity contribution in [1.29, 1.82) is 0 Å². The number of fused-ring (bicyclic) bond motifs is 1. The highest BCUT2D eigenvalue weighted by atomic mass is 79.9. The Kier molecular flexibility index (Phi) is 7.33. The quantitative estimate of drug-likeness (QED) is 0.586. The summed E-state index contributed by atoms with van der Waals surface area (Å²) in [5.41, 5.74) is 4.12. The van der Waals surface area contributed by atoms with E-state index in [0.717, 1.165) is 48.3 Å². The van der Waals surface area contributed by atoms with Gasteiger partial charge in [0, 0.05) is 61.8 Å². The Balaban J connectivity index is 1.59. The van der Waals surface area contributed by atoms with E-state index < -0.39 is 0 Å². The molecular weight excluding hydrogens is 452 g/mol.